The van der Waals surface area contributed by atoms with E-state index in [1.54, 1.807) is 18.2 Å². The maximum absolute atomic E-state index is 13.7. The van der Waals surface area contributed by atoms with Crippen molar-refractivity contribution in [3.63, 3.8) is 0 Å². The smallest absolute Gasteiger partial charge is 0.146 e. The number of halogens is 3. The van der Waals surface area contributed by atoms with Gasteiger partial charge in [-0.05, 0) is 42.3 Å². The highest BCUT2D eigenvalue weighted by Crippen LogP contribution is 2.27. The van der Waals surface area contributed by atoms with E-state index in [1.165, 1.54) is 18.2 Å². The molecule has 1 unspecified atom stereocenters. The van der Waals surface area contributed by atoms with Gasteiger partial charge in [0.2, 0.25) is 0 Å². The van der Waals surface area contributed by atoms with Gasteiger partial charge in [0, 0.05) is 4.47 Å². The average Bonchev–Trinajstić information content (AvgIpc) is 2.39. The van der Waals surface area contributed by atoms with Gasteiger partial charge in [0.1, 0.15) is 11.6 Å². The van der Waals surface area contributed by atoms with Crippen molar-refractivity contribution >= 4 is 21.6 Å². The van der Waals surface area contributed by atoms with E-state index >= 15 is 0 Å². The van der Waals surface area contributed by atoms with Crippen LogP contribution in [0.25, 0.3) is 0 Å². The summed E-state index contributed by atoms with van der Waals surface area (Å²) >= 11 is 3.31. The van der Waals surface area contributed by atoms with Gasteiger partial charge in [-0.2, -0.15) is 0 Å². The molecule has 0 aliphatic carbocycles. The molecule has 0 amide bonds. The Hall–Kier alpha value is -1.42. The van der Waals surface area contributed by atoms with E-state index in [-0.39, 0.29) is 17.7 Å². The van der Waals surface area contributed by atoms with Gasteiger partial charge < -0.3 is 5.32 Å². The fourth-order valence-electron chi connectivity index (χ4n) is 1.94. The van der Waals surface area contributed by atoms with Gasteiger partial charge in [-0.15, -0.1) is 0 Å². The molecule has 4 heteroatoms. The van der Waals surface area contributed by atoms with E-state index in [0.29, 0.717) is 5.69 Å². The highest BCUT2D eigenvalue weighted by atomic mass is 79.9. The molecular weight excluding hydrogens is 312 g/mol. The first-order chi connectivity index (χ1) is 9.10. The second kappa shape index (κ2) is 6.15. The fourth-order valence-corrected chi connectivity index (χ4v) is 2.30. The fraction of sp³-hybridized carbons (Fsp3) is 0.200. The third-order valence-corrected chi connectivity index (χ3v) is 3.41. The number of hydrogen-bond acceptors (Lipinski definition) is 1. The number of rotatable bonds is 4. The van der Waals surface area contributed by atoms with E-state index in [2.05, 4.69) is 21.2 Å². The molecule has 1 nitrogen and oxygen atoms in total. The normalized spacial score (nSPS) is 12.2. The van der Waals surface area contributed by atoms with Crippen LogP contribution in [0.2, 0.25) is 0 Å². The zero-order valence-electron chi connectivity index (χ0n) is 10.5. The lowest BCUT2D eigenvalue weighted by atomic mass is 10.0. The standard InChI is InChI=1S/C15H14BrF2N/c1-2-14(10-4-3-5-12(17)8-10)19-15-9-11(16)6-7-13(15)18/h3-9,14,19H,2H2,1H3. The molecule has 100 valence electrons. The SMILES string of the molecule is CCC(Nc1cc(Br)ccc1F)c1cccc(F)c1. The first kappa shape index (κ1) is 14.0. The van der Waals surface area contributed by atoms with Crippen molar-refractivity contribution < 1.29 is 8.78 Å². The Morgan fingerprint density at radius 1 is 1.16 bits per heavy atom. The third-order valence-electron chi connectivity index (χ3n) is 2.92. The largest absolute Gasteiger partial charge is 0.376 e. The van der Waals surface area contributed by atoms with Crippen molar-refractivity contribution in [1.82, 2.24) is 0 Å². The second-order valence-electron chi connectivity index (χ2n) is 4.28. The number of hydrogen-bond donors (Lipinski definition) is 1. The highest BCUT2D eigenvalue weighted by molar-refractivity contribution is 9.10. The summed E-state index contributed by atoms with van der Waals surface area (Å²) in [6.07, 6.45) is 0.732. The van der Waals surface area contributed by atoms with Crippen molar-refractivity contribution in [3.8, 4) is 0 Å². The topological polar surface area (TPSA) is 12.0 Å². The second-order valence-corrected chi connectivity index (χ2v) is 5.20. The molecule has 0 bridgehead atoms. The summed E-state index contributed by atoms with van der Waals surface area (Å²) in [6.45, 7) is 1.97. The van der Waals surface area contributed by atoms with Crippen LogP contribution < -0.4 is 5.32 Å². The molecule has 1 N–H and O–H groups in total. The van der Waals surface area contributed by atoms with Crippen molar-refractivity contribution in [3.05, 3.63) is 64.1 Å². The Morgan fingerprint density at radius 2 is 1.95 bits per heavy atom. The van der Waals surface area contributed by atoms with Gasteiger partial charge in [0.05, 0.1) is 11.7 Å². The molecule has 0 aliphatic rings. The summed E-state index contributed by atoms with van der Waals surface area (Å²) in [7, 11) is 0. The van der Waals surface area contributed by atoms with E-state index in [1.807, 2.05) is 13.0 Å². The molecule has 0 aromatic heterocycles. The minimum absolute atomic E-state index is 0.125. The molecule has 0 saturated carbocycles. The Labute approximate surface area is 119 Å². The van der Waals surface area contributed by atoms with Gasteiger partial charge in [0.15, 0.2) is 0 Å². The van der Waals surface area contributed by atoms with Crippen LogP contribution in [0.1, 0.15) is 24.9 Å². The zero-order chi connectivity index (χ0) is 13.8. The van der Waals surface area contributed by atoms with Crippen LogP contribution in [0.4, 0.5) is 14.5 Å². The Kier molecular flexibility index (Phi) is 4.53. The van der Waals surface area contributed by atoms with E-state index < -0.39 is 0 Å². The van der Waals surface area contributed by atoms with E-state index in [9.17, 15) is 8.78 Å². The quantitative estimate of drug-likeness (QED) is 0.805. The first-order valence-corrected chi connectivity index (χ1v) is 6.86. The molecule has 1 atom stereocenters. The van der Waals surface area contributed by atoms with Crippen molar-refractivity contribution in [2.24, 2.45) is 0 Å². The molecular formula is C15H14BrF2N. The van der Waals surface area contributed by atoms with Crippen LogP contribution in [0, 0.1) is 11.6 Å². The molecule has 0 heterocycles. The Balaban J connectivity index is 2.26. The lowest BCUT2D eigenvalue weighted by Crippen LogP contribution is -2.11. The van der Waals surface area contributed by atoms with Gasteiger partial charge in [-0.3, -0.25) is 0 Å². The lowest BCUT2D eigenvalue weighted by Gasteiger charge is -2.19. The Morgan fingerprint density at radius 3 is 2.63 bits per heavy atom. The van der Waals surface area contributed by atoms with Crippen molar-refractivity contribution in [2.75, 3.05) is 5.32 Å². The molecule has 0 saturated heterocycles. The van der Waals surface area contributed by atoms with Crippen molar-refractivity contribution in [1.29, 1.82) is 0 Å². The molecule has 0 aliphatic heterocycles. The zero-order valence-corrected chi connectivity index (χ0v) is 12.0. The summed E-state index contributed by atoms with van der Waals surface area (Å²) < 4.78 is 27.7. The van der Waals surface area contributed by atoms with Gasteiger partial charge >= 0.3 is 0 Å². The van der Waals surface area contributed by atoms with Crippen LogP contribution in [-0.2, 0) is 0 Å². The predicted octanol–water partition coefficient (Wildman–Crippen LogP) is 5.29. The molecule has 2 rings (SSSR count). The summed E-state index contributed by atoms with van der Waals surface area (Å²) in [4.78, 5) is 0. The molecule has 0 spiro atoms. The molecule has 2 aromatic rings. The van der Waals surface area contributed by atoms with Crippen LogP contribution in [0.15, 0.2) is 46.9 Å². The highest BCUT2D eigenvalue weighted by Gasteiger charge is 2.12. The minimum atomic E-state index is -0.321. The van der Waals surface area contributed by atoms with Gasteiger partial charge in [-0.25, -0.2) is 8.78 Å². The summed E-state index contributed by atoms with van der Waals surface area (Å²) in [5.41, 5.74) is 1.22. The molecule has 0 fully saturated rings. The van der Waals surface area contributed by atoms with Crippen LogP contribution in [0.5, 0.6) is 0 Å². The van der Waals surface area contributed by atoms with Crippen LogP contribution in [0.3, 0.4) is 0 Å². The summed E-state index contributed by atoms with van der Waals surface area (Å²) in [5, 5.41) is 3.11. The van der Waals surface area contributed by atoms with E-state index in [0.717, 1.165) is 16.5 Å². The molecule has 2 aromatic carbocycles. The monoisotopic (exact) mass is 325 g/mol. The maximum atomic E-state index is 13.7. The third kappa shape index (κ3) is 3.53. The number of benzene rings is 2. The van der Waals surface area contributed by atoms with Crippen molar-refractivity contribution in [2.45, 2.75) is 19.4 Å². The number of anilines is 1. The summed E-state index contributed by atoms with van der Waals surface area (Å²) in [6, 6.07) is 10.9. The first-order valence-electron chi connectivity index (χ1n) is 6.07. The predicted molar refractivity (Wildman–Crippen MR) is 77.2 cm³/mol. The van der Waals surface area contributed by atoms with Gasteiger partial charge in [0.25, 0.3) is 0 Å². The maximum Gasteiger partial charge on any atom is 0.146 e. The summed E-state index contributed by atoms with van der Waals surface area (Å²) in [5.74, 6) is -0.606. The Bertz CT molecular complexity index is 572. The molecule has 19 heavy (non-hydrogen) atoms. The van der Waals surface area contributed by atoms with Crippen LogP contribution in [-0.4, -0.2) is 0 Å². The van der Waals surface area contributed by atoms with Crippen LogP contribution >= 0.6 is 15.9 Å². The lowest BCUT2D eigenvalue weighted by molar-refractivity contribution is 0.615. The number of nitrogens with one attached hydrogen (secondary N) is 1. The minimum Gasteiger partial charge on any atom is -0.376 e. The van der Waals surface area contributed by atoms with E-state index in [4.69, 9.17) is 0 Å². The van der Waals surface area contributed by atoms with Gasteiger partial charge in [-0.1, -0.05) is 35.0 Å². The molecule has 0 radical (unpaired) electrons. The average molecular weight is 326 g/mol.